The molecule has 4 aliphatic carbocycles. The summed E-state index contributed by atoms with van der Waals surface area (Å²) in [7, 11) is 0. The molecule has 1 N–H and O–H groups in total. The van der Waals surface area contributed by atoms with Crippen molar-refractivity contribution in [3.05, 3.63) is 46.5 Å². The Morgan fingerprint density at radius 1 is 1.00 bits per heavy atom. The van der Waals surface area contributed by atoms with Crippen molar-refractivity contribution in [2.45, 2.75) is 50.9 Å². The molecule has 1 aromatic carbocycles. The second-order valence-electron chi connectivity index (χ2n) is 8.38. The topological polar surface area (TPSA) is 20.7 Å². The van der Waals surface area contributed by atoms with Crippen LogP contribution in [0.2, 0.25) is 0 Å². The Kier molecular flexibility index (Phi) is 2.94. The van der Waals surface area contributed by atoms with Gasteiger partial charge in [0, 0.05) is 23.0 Å². The minimum Gasteiger partial charge on any atom is -0.334 e. The first-order chi connectivity index (χ1) is 11.1. The lowest BCUT2D eigenvalue weighted by Crippen LogP contribution is -2.48. The predicted molar refractivity (Wildman–Crippen MR) is 95.5 cm³/mol. The number of nitrogens with zero attached hydrogens (tertiary/aromatic N) is 1. The van der Waals surface area contributed by atoms with Gasteiger partial charge in [0.25, 0.3) is 0 Å². The van der Waals surface area contributed by atoms with E-state index in [-0.39, 0.29) is 0 Å². The van der Waals surface area contributed by atoms with Gasteiger partial charge in [-0.15, -0.1) is 0 Å². The standard InChI is InChI=1S/C20H24N2S/c1-13-2-4-17(5-3-13)22-12-18(21-19(22)23)20-9-14-6-15(10-20)8-16(7-14)11-20/h2-5,12,14-16H,6-11H2,1H3,(H,21,23). The van der Waals surface area contributed by atoms with Crippen LogP contribution < -0.4 is 0 Å². The monoisotopic (exact) mass is 324 g/mol. The molecule has 0 spiro atoms. The quantitative estimate of drug-likeness (QED) is 0.742. The molecule has 1 heterocycles. The van der Waals surface area contributed by atoms with Gasteiger partial charge in [0.1, 0.15) is 0 Å². The molecule has 4 bridgehead atoms. The first-order valence-electron chi connectivity index (χ1n) is 9.00. The fraction of sp³-hybridized carbons (Fsp3) is 0.550. The van der Waals surface area contributed by atoms with Crippen LogP contribution in [0.5, 0.6) is 0 Å². The van der Waals surface area contributed by atoms with E-state index in [4.69, 9.17) is 12.2 Å². The van der Waals surface area contributed by atoms with E-state index >= 15 is 0 Å². The molecule has 1 aromatic heterocycles. The van der Waals surface area contributed by atoms with Gasteiger partial charge in [-0.1, -0.05) is 17.7 Å². The zero-order valence-electron chi connectivity index (χ0n) is 13.7. The predicted octanol–water partition coefficient (Wildman–Crippen LogP) is 5.31. The van der Waals surface area contributed by atoms with Gasteiger partial charge in [-0.3, -0.25) is 4.57 Å². The fourth-order valence-corrected chi connectivity index (χ4v) is 6.27. The van der Waals surface area contributed by atoms with Crippen molar-refractivity contribution in [2.24, 2.45) is 17.8 Å². The Balaban J connectivity index is 1.56. The number of imidazole rings is 1. The number of aromatic amines is 1. The van der Waals surface area contributed by atoms with Gasteiger partial charge in [0.2, 0.25) is 0 Å². The second-order valence-corrected chi connectivity index (χ2v) is 8.76. The Hall–Kier alpha value is -1.35. The van der Waals surface area contributed by atoms with E-state index in [2.05, 4.69) is 46.9 Å². The zero-order valence-corrected chi connectivity index (χ0v) is 14.5. The highest BCUT2D eigenvalue weighted by molar-refractivity contribution is 7.71. The lowest BCUT2D eigenvalue weighted by molar-refractivity contribution is -0.00706. The van der Waals surface area contributed by atoms with Crippen molar-refractivity contribution < 1.29 is 0 Å². The van der Waals surface area contributed by atoms with Gasteiger partial charge in [-0.25, -0.2) is 0 Å². The molecule has 23 heavy (non-hydrogen) atoms. The van der Waals surface area contributed by atoms with E-state index in [9.17, 15) is 0 Å². The van der Waals surface area contributed by atoms with Crippen LogP contribution in [0.25, 0.3) is 5.69 Å². The highest BCUT2D eigenvalue weighted by atomic mass is 32.1. The number of aryl methyl sites for hydroxylation is 1. The molecular formula is C20H24N2S. The third-order valence-electron chi connectivity index (χ3n) is 6.64. The first-order valence-corrected chi connectivity index (χ1v) is 9.41. The van der Waals surface area contributed by atoms with Crippen LogP contribution in [-0.4, -0.2) is 9.55 Å². The number of H-pyrrole nitrogens is 1. The maximum absolute atomic E-state index is 5.65. The van der Waals surface area contributed by atoms with E-state index in [1.165, 1.54) is 55.5 Å². The van der Waals surface area contributed by atoms with E-state index in [0.717, 1.165) is 22.5 Å². The molecule has 3 heteroatoms. The van der Waals surface area contributed by atoms with Crippen molar-refractivity contribution in [2.75, 3.05) is 0 Å². The Morgan fingerprint density at radius 2 is 1.57 bits per heavy atom. The maximum atomic E-state index is 5.65. The molecule has 0 atom stereocenters. The largest absolute Gasteiger partial charge is 0.334 e. The normalized spacial score (nSPS) is 34.9. The summed E-state index contributed by atoms with van der Waals surface area (Å²) in [6.07, 6.45) is 10.9. The van der Waals surface area contributed by atoms with Crippen LogP contribution in [0.4, 0.5) is 0 Å². The van der Waals surface area contributed by atoms with Gasteiger partial charge in [-0.2, -0.15) is 0 Å². The Bertz CT molecular complexity index is 761. The molecule has 6 rings (SSSR count). The lowest BCUT2D eigenvalue weighted by Gasteiger charge is -2.56. The van der Waals surface area contributed by atoms with Crippen LogP contribution in [0.15, 0.2) is 30.5 Å². The summed E-state index contributed by atoms with van der Waals surface area (Å²) in [5.74, 6) is 2.89. The molecule has 4 fully saturated rings. The summed E-state index contributed by atoms with van der Waals surface area (Å²) >= 11 is 5.65. The highest BCUT2D eigenvalue weighted by Gasteiger charge is 2.52. The smallest absolute Gasteiger partial charge is 0.182 e. The molecule has 0 saturated heterocycles. The van der Waals surface area contributed by atoms with Crippen molar-refractivity contribution in [1.82, 2.24) is 9.55 Å². The SMILES string of the molecule is Cc1ccc(-n2cc(C34CC5CC(CC(C5)C3)C4)[nH]c2=S)cc1. The maximum Gasteiger partial charge on any atom is 0.182 e. The zero-order chi connectivity index (χ0) is 15.6. The summed E-state index contributed by atoms with van der Waals surface area (Å²) in [4.78, 5) is 3.59. The van der Waals surface area contributed by atoms with Crippen LogP contribution >= 0.6 is 12.2 Å². The number of aromatic nitrogens is 2. The molecule has 120 valence electrons. The lowest BCUT2D eigenvalue weighted by atomic mass is 9.49. The van der Waals surface area contributed by atoms with E-state index < -0.39 is 0 Å². The number of rotatable bonds is 2. The third-order valence-corrected chi connectivity index (χ3v) is 6.94. The molecule has 4 saturated carbocycles. The molecule has 0 aliphatic heterocycles. The fourth-order valence-electron chi connectivity index (χ4n) is 6.00. The molecule has 4 aliphatic rings. The highest BCUT2D eigenvalue weighted by Crippen LogP contribution is 2.60. The van der Waals surface area contributed by atoms with Crippen molar-refractivity contribution in [3.8, 4) is 5.69 Å². The number of hydrogen-bond donors (Lipinski definition) is 1. The van der Waals surface area contributed by atoms with Gasteiger partial charge in [0.15, 0.2) is 4.77 Å². The van der Waals surface area contributed by atoms with Gasteiger partial charge >= 0.3 is 0 Å². The summed E-state index contributed by atoms with van der Waals surface area (Å²) in [5.41, 5.74) is 4.25. The number of benzene rings is 1. The Morgan fingerprint density at radius 3 is 2.13 bits per heavy atom. The summed E-state index contributed by atoms with van der Waals surface area (Å²) in [6, 6.07) is 8.66. The Labute approximate surface area is 142 Å². The molecule has 0 radical (unpaired) electrons. The minimum absolute atomic E-state index is 0.387. The molecule has 2 aromatic rings. The first kappa shape index (κ1) is 14.0. The minimum atomic E-state index is 0.387. The number of nitrogens with one attached hydrogen (secondary N) is 1. The van der Waals surface area contributed by atoms with Crippen LogP contribution in [0, 0.1) is 29.4 Å². The van der Waals surface area contributed by atoms with Gasteiger partial charge in [-0.05, 0) is 87.6 Å². The van der Waals surface area contributed by atoms with Crippen LogP contribution in [-0.2, 0) is 5.41 Å². The van der Waals surface area contributed by atoms with Gasteiger partial charge < -0.3 is 4.98 Å². The average Bonchev–Trinajstić information content (AvgIpc) is 2.89. The van der Waals surface area contributed by atoms with E-state index in [0.29, 0.717) is 5.41 Å². The van der Waals surface area contributed by atoms with Crippen molar-refractivity contribution >= 4 is 12.2 Å². The summed E-state index contributed by atoms with van der Waals surface area (Å²) < 4.78 is 3.02. The van der Waals surface area contributed by atoms with Gasteiger partial charge in [0.05, 0.1) is 0 Å². The second kappa shape index (κ2) is 4.83. The van der Waals surface area contributed by atoms with E-state index in [1.54, 1.807) is 0 Å². The summed E-state index contributed by atoms with van der Waals surface area (Å²) in [6.45, 7) is 2.13. The van der Waals surface area contributed by atoms with E-state index in [1.807, 2.05) is 0 Å². The van der Waals surface area contributed by atoms with Crippen LogP contribution in [0.1, 0.15) is 49.8 Å². The van der Waals surface area contributed by atoms with Crippen molar-refractivity contribution in [3.63, 3.8) is 0 Å². The molecule has 0 unspecified atom stereocenters. The summed E-state index contributed by atoms with van der Waals surface area (Å²) in [5, 5.41) is 0. The van der Waals surface area contributed by atoms with Crippen molar-refractivity contribution in [1.29, 1.82) is 0 Å². The average molecular weight is 324 g/mol. The molecule has 2 nitrogen and oxygen atoms in total. The third kappa shape index (κ3) is 2.16. The number of hydrogen-bond acceptors (Lipinski definition) is 1. The van der Waals surface area contributed by atoms with Crippen LogP contribution in [0.3, 0.4) is 0 Å². The molecule has 0 amide bonds. The molecular weight excluding hydrogens is 300 g/mol.